The number of methoxy groups -OCH3 is 1. The van der Waals surface area contributed by atoms with E-state index in [0.29, 0.717) is 4.68 Å². The predicted octanol–water partition coefficient (Wildman–Crippen LogP) is 4.11. The lowest BCUT2D eigenvalue weighted by atomic mass is 10.2. The van der Waals surface area contributed by atoms with Gasteiger partial charge in [-0.2, -0.15) is 36.3 Å². The van der Waals surface area contributed by atoms with E-state index in [1.54, 1.807) is 6.07 Å². The average molecular weight is 419 g/mol. The highest BCUT2D eigenvalue weighted by Gasteiger charge is 2.43. The molecule has 154 valence electrons. The van der Waals surface area contributed by atoms with Gasteiger partial charge >= 0.3 is 12.4 Å². The maximum atomic E-state index is 13.6. The molecule has 13 heteroatoms. The first kappa shape index (κ1) is 20.4. The van der Waals surface area contributed by atoms with E-state index in [2.05, 4.69) is 25.0 Å². The van der Waals surface area contributed by atoms with Crippen LogP contribution < -0.4 is 9.47 Å². The number of aromatic nitrogens is 5. The molecule has 0 saturated heterocycles. The smallest absolute Gasteiger partial charge is 0.435 e. The van der Waals surface area contributed by atoms with Crippen LogP contribution in [-0.2, 0) is 19.4 Å². The highest BCUT2D eigenvalue weighted by atomic mass is 19.4. The number of nitrogens with zero attached hydrogens (tertiary/aromatic N) is 5. The molecule has 0 aliphatic heterocycles. The molecule has 0 N–H and O–H groups in total. The number of halogens is 6. The van der Waals surface area contributed by atoms with Gasteiger partial charge in [-0.15, -0.1) is 5.10 Å². The third-order valence-corrected chi connectivity index (χ3v) is 3.58. The summed E-state index contributed by atoms with van der Waals surface area (Å²) in [4.78, 5) is 7.02. The third kappa shape index (κ3) is 4.07. The molecule has 1 aromatic carbocycles. The molecule has 29 heavy (non-hydrogen) atoms. The average Bonchev–Trinajstić information content (AvgIpc) is 3.03. The zero-order valence-corrected chi connectivity index (χ0v) is 14.7. The number of ether oxygens (including phenoxy) is 2. The van der Waals surface area contributed by atoms with Gasteiger partial charge in [0, 0.05) is 7.05 Å². The van der Waals surface area contributed by atoms with Gasteiger partial charge in [-0.3, -0.25) is 0 Å². The van der Waals surface area contributed by atoms with Crippen LogP contribution in [0.5, 0.6) is 17.5 Å². The van der Waals surface area contributed by atoms with Gasteiger partial charge in [0.05, 0.1) is 7.11 Å². The Labute approximate surface area is 158 Å². The largest absolute Gasteiger partial charge is 0.480 e. The minimum absolute atomic E-state index is 0.0279. The van der Waals surface area contributed by atoms with Gasteiger partial charge in [-0.1, -0.05) is 23.4 Å². The number of hydrogen-bond acceptors (Lipinski definition) is 6. The van der Waals surface area contributed by atoms with Crippen LogP contribution in [0.3, 0.4) is 0 Å². The summed E-state index contributed by atoms with van der Waals surface area (Å²) in [6.45, 7) is 0. The Morgan fingerprint density at radius 3 is 2.07 bits per heavy atom. The van der Waals surface area contributed by atoms with Gasteiger partial charge in [0.15, 0.2) is 22.8 Å². The topological polar surface area (TPSA) is 75.0 Å². The summed E-state index contributed by atoms with van der Waals surface area (Å²) in [5.74, 6) is -2.88. The molecule has 0 saturated carbocycles. The monoisotopic (exact) mass is 419 g/mol. The summed E-state index contributed by atoms with van der Waals surface area (Å²) < 4.78 is 90.9. The molecule has 0 aliphatic carbocycles. The second-order valence-electron chi connectivity index (χ2n) is 5.56. The first-order valence-corrected chi connectivity index (χ1v) is 7.75. The standard InChI is InChI=1S/C16H11F6N5O2/c1-27-11(16(20,21)22)10(25-26-27)12-23-13(28-2)9(15(17,18)19)14(24-12)29-8-6-4-3-5-7-8/h3-7H,1-2H3. The molecule has 3 rings (SSSR count). The van der Waals surface area contributed by atoms with Crippen molar-refractivity contribution in [3.8, 4) is 29.0 Å². The molecule has 0 aliphatic rings. The number of rotatable bonds is 4. The summed E-state index contributed by atoms with van der Waals surface area (Å²) in [5.41, 5.74) is -3.69. The summed E-state index contributed by atoms with van der Waals surface area (Å²) in [6.07, 6.45) is -9.92. The zero-order valence-electron chi connectivity index (χ0n) is 14.7. The number of aryl methyl sites for hydroxylation is 1. The number of hydrogen-bond donors (Lipinski definition) is 0. The number of para-hydroxylation sites is 1. The van der Waals surface area contributed by atoms with Gasteiger partial charge in [0.2, 0.25) is 11.8 Å². The van der Waals surface area contributed by atoms with Crippen molar-refractivity contribution in [3.63, 3.8) is 0 Å². The van der Waals surface area contributed by atoms with Crippen LogP contribution in [-0.4, -0.2) is 32.1 Å². The maximum Gasteiger partial charge on any atom is 0.435 e. The molecule has 0 bridgehead atoms. The quantitative estimate of drug-likeness (QED) is 0.593. The first-order chi connectivity index (χ1) is 13.5. The highest BCUT2D eigenvalue weighted by Crippen LogP contribution is 2.44. The summed E-state index contributed by atoms with van der Waals surface area (Å²) in [7, 11) is 1.86. The van der Waals surface area contributed by atoms with E-state index in [-0.39, 0.29) is 5.75 Å². The SMILES string of the molecule is COc1nc(-c2nnn(C)c2C(F)(F)F)nc(Oc2ccccc2)c1C(F)(F)F. The fraction of sp³-hybridized carbons (Fsp3) is 0.250. The van der Waals surface area contributed by atoms with Crippen LogP contribution in [0.4, 0.5) is 26.3 Å². The van der Waals surface area contributed by atoms with Crippen LogP contribution in [0, 0.1) is 0 Å². The summed E-state index contributed by atoms with van der Waals surface area (Å²) in [6, 6.07) is 7.27. The van der Waals surface area contributed by atoms with Crippen molar-refractivity contribution in [3.05, 3.63) is 41.6 Å². The second-order valence-corrected chi connectivity index (χ2v) is 5.56. The molecule has 0 fully saturated rings. The van der Waals surface area contributed by atoms with Crippen molar-refractivity contribution in [2.45, 2.75) is 12.4 Å². The molecular weight excluding hydrogens is 408 g/mol. The van der Waals surface area contributed by atoms with Crippen LogP contribution in [0.2, 0.25) is 0 Å². The Kier molecular flexibility index (Phi) is 5.07. The molecule has 0 spiro atoms. The molecule has 7 nitrogen and oxygen atoms in total. The van der Waals surface area contributed by atoms with Crippen LogP contribution >= 0.6 is 0 Å². The fourth-order valence-electron chi connectivity index (χ4n) is 2.42. The van der Waals surface area contributed by atoms with E-state index >= 15 is 0 Å². The Bertz CT molecular complexity index is 1020. The molecule has 2 heterocycles. The van der Waals surface area contributed by atoms with Crippen molar-refractivity contribution in [1.82, 2.24) is 25.0 Å². The molecule has 3 aromatic rings. The highest BCUT2D eigenvalue weighted by molar-refractivity contribution is 5.57. The van der Waals surface area contributed by atoms with E-state index in [4.69, 9.17) is 4.74 Å². The molecule has 0 atom stereocenters. The zero-order chi connectivity index (χ0) is 21.4. The van der Waals surface area contributed by atoms with Crippen molar-refractivity contribution in [2.24, 2.45) is 7.05 Å². The van der Waals surface area contributed by atoms with Gasteiger partial charge in [-0.25, -0.2) is 4.68 Å². The first-order valence-electron chi connectivity index (χ1n) is 7.75. The van der Waals surface area contributed by atoms with Crippen LogP contribution in [0.15, 0.2) is 30.3 Å². The lowest BCUT2D eigenvalue weighted by Gasteiger charge is -2.16. The Hall–Kier alpha value is -3.38. The lowest BCUT2D eigenvalue weighted by molar-refractivity contribution is -0.143. The minimum Gasteiger partial charge on any atom is -0.480 e. The number of alkyl halides is 6. The summed E-state index contributed by atoms with van der Waals surface area (Å²) in [5, 5.41) is 6.61. The molecule has 0 amide bonds. The fourth-order valence-corrected chi connectivity index (χ4v) is 2.42. The second kappa shape index (κ2) is 7.22. The maximum absolute atomic E-state index is 13.6. The predicted molar refractivity (Wildman–Crippen MR) is 85.1 cm³/mol. The van der Waals surface area contributed by atoms with Gasteiger partial charge in [0.1, 0.15) is 5.75 Å². The molecule has 0 radical (unpaired) electrons. The van der Waals surface area contributed by atoms with E-state index in [9.17, 15) is 26.3 Å². The van der Waals surface area contributed by atoms with Gasteiger partial charge in [-0.05, 0) is 12.1 Å². The molecule has 2 aromatic heterocycles. The Balaban J connectivity index is 2.25. The van der Waals surface area contributed by atoms with Crippen molar-refractivity contribution in [1.29, 1.82) is 0 Å². The van der Waals surface area contributed by atoms with Crippen molar-refractivity contribution >= 4 is 0 Å². The van der Waals surface area contributed by atoms with Gasteiger partial charge in [0.25, 0.3) is 0 Å². The van der Waals surface area contributed by atoms with E-state index in [1.807, 2.05) is 0 Å². The van der Waals surface area contributed by atoms with E-state index in [1.165, 1.54) is 24.3 Å². The lowest BCUT2D eigenvalue weighted by Crippen LogP contribution is -2.15. The van der Waals surface area contributed by atoms with E-state index < -0.39 is 46.9 Å². The van der Waals surface area contributed by atoms with Crippen molar-refractivity contribution in [2.75, 3.05) is 7.11 Å². The van der Waals surface area contributed by atoms with Crippen LogP contribution in [0.1, 0.15) is 11.3 Å². The Morgan fingerprint density at radius 2 is 1.52 bits per heavy atom. The Morgan fingerprint density at radius 1 is 0.897 bits per heavy atom. The molecular formula is C16H11F6N5O2. The molecule has 0 unspecified atom stereocenters. The van der Waals surface area contributed by atoms with Crippen molar-refractivity contribution < 1.29 is 35.8 Å². The minimum atomic E-state index is -5.01. The van der Waals surface area contributed by atoms with Crippen LogP contribution in [0.25, 0.3) is 11.5 Å². The third-order valence-electron chi connectivity index (χ3n) is 3.58. The normalized spacial score (nSPS) is 12.1. The van der Waals surface area contributed by atoms with E-state index in [0.717, 1.165) is 14.2 Å². The summed E-state index contributed by atoms with van der Waals surface area (Å²) >= 11 is 0. The number of benzene rings is 1. The van der Waals surface area contributed by atoms with Gasteiger partial charge < -0.3 is 9.47 Å².